The lowest BCUT2D eigenvalue weighted by atomic mass is 10.2. The lowest BCUT2D eigenvalue weighted by molar-refractivity contribution is 0.0962. The van der Waals surface area contributed by atoms with E-state index in [0.717, 1.165) is 11.3 Å². The molecule has 4 nitrogen and oxygen atoms in total. The van der Waals surface area contributed by atoms with Crippen LogP contribution in [0.4, 0.5) is 5.13 Å². The van der Waals surface area contributed by atoms with Crippen LogP contribution in [0.5, 0.6) is 0 Å². The first-order valence-electron chi connectivity index (χ1n) is 6.55. The highest BCUT2D eigenvalue weighted by atomic mass is 35.5. The number of hydrogen-bond donors (Lipinski definition) is 2. The number of benzene rings is 2. The van der Waals surface area contributed by atoms with E-state index in [2.05, 4.69) is 15.8 Å². The predicted octanol–water partition coefficient (Wildman–Crippen LogP) is 4.22. The van der Waals surface area contributed by atoms with Crippen molar-refractivity contribution in [3.05, 3.63) is 70.6 Å². The van der Waals surface area contributed by atoms with Gasteiger partial charge in [-0.3, -0.25) is 15.6 Å². The Hall–Kier alpha value is -2.37. The summed E-state index contributed by atoms with van der Waals surface area (Å²) < 4.78 is 0. The molecule has 0 spiro atoms. The fraction of sp³-hybridized carbons (Fsp3) is 0. The van der Waals surface area contributed by atoms with Crippen molar-refractivity contribution in [1.29, 1.82) is 0 Å². The summed E-state index contributed by atoms with van der Waals surface area (Å²) in [5.41, 5.74) is 7.87. The van der Waals surface area contributed by atoms with Crippen LogP contribution in [0.1, 0.15) is 10.4 Å². The van der Waals surface area contributed by atoms with E-state index in [1.54, 1.807) is 24.3 Å². The van der Waals surface area contributed by atoms with Crippen LogP contribution in [0.2, 0.25) is 5.02 Å². The molecular weight excluding hydrogens is 318 g/mol. The lowest BCUT2D eigenvalue weighted by Crippen LogP contribution is -2.29. The zero-order chi connectivity index (χ0) is 15.4. The van der Waals surface area contributed by atoms with Crippen LogP contribution in [0.15, 0.2) is 60.0 Å². The van der Waals surface area contributed by atoms with Crippen molar-refractivity contribution in [3.8, 4) is 11.3 Å². The molecule has 1 heterocycles. The zero-order valence-electron chi connectivity index (χ0n) is 11.4. The van der Waals surface area contributed by atoms with Crippen molar-refractivity contribution >= 4 is 34.0 Å². The molecule has 22 heavy (non-hydrogen) atoms. The van der Waals surface area contributed by atoms with Crippen LogP contribution in [0.3, 0.4) is 0 Å². The van der Waals surface area contributed by atoms with E-state index < -0.39 is 0 Å². The van der Waals surface area contributed by atoms with Crippen LogP contribution in [0, 0.1) is 0 Å². The topological polar surface area (TPSA) is 54.0 Å². The standard InChI is InChI=1S/C16H12ClN3OS/c17-13-8-6-12(7-9-13)15(21)19-20-16-18-14(10-22-16)11-4-2-1-3-5-11/h1-10H,(H,18,20)(H,19,21). The highest BCUT2D eigenvalue weighted by molar-refractivity contribution is 7.14. The quantitative estimate of drug-likeness (QED) is 0.705. The molecule has 3 aromatic rings. The SMILES string of the molecule is O=C(NNc1nc(-c2ccccc2)cs1)c1ccc(Cl)cc1. The Morgan fingerprint density at radius 1 is 1.05 bits per heavy atom. The highest BCUT2D eigenvalue weighted by Crippen LogP contribution is 2.24. The van der Waals surface area contributed by atoms with Crippen LogP contribution >= 0.6 is 22.9 Å². The number of halogens is 1. The highest BCUT2D eigenvalue weighted by Gasteiger charge is 2.07. The number of rotatable bonds is 4. The first kappa shape index (κ1) is 14.6. The Bertz CT molecular complexity index is 772. The Labute approximate surface area is 136 Å². The Kier molecular flexibility index (Phi) is 4.37. The molecule has 0 atom stereocenters. The van der Waals surface area contributed by atoms with E-state index in [-0.39, 0.29) is 5.91 Å². The molecule has 1 aromatic heterocycles. The molecule has 0 fully saturated rings. The summed E-state index contributed by atoms with van der Waals surface area (Å²) in [6, 6.07) is 16.5. The summed E-state index contributed by atoms with van der Waals surface area (Å²) in [4.78, 5) is 16.4. The molecule has 2 N–H and O–H groups in total. The average molecular weight is 330 g/mol. The van der Waals surface area contributed by atoms with Crippen molar-refractivity contribution in [1.82, 2.24) is 10.4 Å². The van der Waals surface area contributed by atoms with Crippen molar-refractivity contribution < 1.29 is 4.79 Å². The fourth-order valence-corrected chi connectivity index (χ4v) is 2.66. The molecule has 0 aliphatic carbocycles. The molecule has 0 aliphatic rings. The van der Waals surface area contributed by atoms with Gasteiger partial charge < -0.3 is 0 Å². The monoisotopic (exact) mass is 329 g/mol. The van der Waals surface area contributed by atoms with Gasteiger partial charge in [0.15, 0.2) is 0 Å². The van der Waals surface area contributed by atoms with Crippen molar-refractivity contribution in [2.24, 2.45) is 0 Å². The number of nitrogens with one attached hydrogen (secondary N) is 2. The Morgan fingerprint density at radius 2 is 1.77 bits per heavy atom. The third kappa shape index (κ3) is 3.44. The second-order valence-corrected chi connectivity index (χ2v) is 5.78. The van der Waals surface area contributed by atoms with Crippen molar-refractivity contribution in [2.45, 2.75) is 0 Å². The van der Waals surface area contributed by atoms with E-state index in [0.29, 0.717) is 15.7 Å². The van der Waals surface area contributed by atoms with E-state index in [4.69, 9.17) is 11.6 Å². The molecule has 3 rings (SSSR count). The first-order chi connectivity index (χ1) is 10.7. The van der Waals surface area contributed by atoms with E-state index >= 15 is 0 Å². The van der Waals surface area contributed by atoms with Gasteiger partial charge in [-0.25, -0.2) is 4.98 Å². The van der Waals surface area contributed by atoms with E-state index in [1.165, 1.54) is 11.3 Å². The average Bonchev–Trinajstić information content (AvgIpc) is 3.03. The van der Waals surface area contributed by atoms with Gasteiger partial charge in [0.25, 0.3) is 5.91 Å². The molecular formula is C16H12ClN3OS. The zero-order valence-corrected chi connectivity index (χ0v) is 13.0. The molecule has 0 aliphatic heterocycles. The summed E-state index contributed by atoms with van der Waals surface area (Å²) in [7, 11) is 0. The fourth-order valence-electron chi connectivity index (χ4n) is 1.86. The number of nitrogens with zero attached hydrogens (tertiary/aromatic N) is 1. The van der Waals surface area contributed by atoms with Gasteiger partial charge in [-0.15, -0.1) is 11.3 Å². The second kappa shape index (κ2) is 6.60. The van der Waals surface area contributed by atoms with Crippen LogP contribution in [-0.2, 0) is 0 Å². The first-order valence-corrected chi connectivity index (χ1v) is 7.81. The van der Waals surface area contributed by atoms with Crippen LogP contribution < -0.4 is 10.9 Å². The number of anilines is 1. The molecule has 2 aromatic carbocycles. The summed E-state index contributed by atoms with van der Waals surface area (Å²) in [6.45, 7) is 0. The van der Waals surface area contributed by atoms with Gasteiger partial charge in [0.2, 0.25) is 5.13 Å². The number of amides is 1. The molecule has 110 valence electrons. The smallest absolute Gasteiger partial charge is 0.269 e. The van der Waals surface area contributed by atoms with E-state index in [1.807, 2.05) is 35.7 Å². The molecule has 6 heteroatoms. The minimum absolute atomic E-state index is 0.242. The molecule has 0 radical (unpaired) electrons. The Balaban J connectivity index is 1.64. The van der Waals surface area contributed by atoms with Gasteiger partial charge in [-0.1, -0.05) is 41.9 Å². The molecule has 1 amide bonds. The van der Waals surface area contributed by atoms with E-state index in [9.17, 15) is 4.79 Å². The maximum atomic E-state index is 12.0. The summed E-state index contributed by atoms with van der Waals surface area (Å²) >= 11 is 7.22. The van der Waals surface area contributed by atoms with Gasteiger partial charge >= 0.3 is 0 Å². The van der Waals surface area contributed by atoms with Crippen LogP contribution in [-0.4, -0.2) is 10.9 Å². The Morgan fingerprint density at radius 3 is 2.50 bits per heavy atom. The number of aromatic nitrogens is 1. The number of hydrazine groups is 1. The van der Waals surface area contributed by atoms with Crippen molar-refractivity contribution in [3.63, 3.8) is 0 Å². The minimum Gasteiger partial charge on any atom is -0.273 e. The summed E-state index contributed by atoms with van der Waals surface area (Å²) in [5, 5.41) is 3.16. The van der Waals surface area contributed by atoms with Gasteiger partial charge in [0, 0.05) is 21.5 Å². The third-order valence-electron chi connectivity index (χ3n) is 2.96. The molecule has 0 saturated carbocycles. The molecule has 0 unspecified atom stereocenters. The van der Waals surface area contributed by atoms with Gasteiger partial charge in [-0.05, 0) is 24.3 Å². The van der Waals surface area contributed by atoms with Gasteiger partial charge in [0.05, 0.1) is 5.69 Å². The molecule has 0 bridgehead atoms. The number of thiazole rings is 1. The maximum Gasteiger partial charge on any atom is 0.269 e. The number of carbonyl (C=O) groups excluding carboxylic acids is 1. The summed E-state index contributed by atoms with van der Waals surface area (Å²) in [6.07, 6.45) is 0. The van der Waals surface area contributed by atoms with Gasteiger partial charge in [0.1, 0.15) is 0 Å². The second-order valence-electron chi connectivity index (χ2n) is 4.49. The largest absolute Gasteiger partial charge is 0.273 e. The normalized spacial score (nSPS) is 10.2. The summed E-state index contributed by atoms with van der Waals surface area (Å²) in [5.74, 6) is -0.242. The number of hydrogen-bond acceptors (Lipinski definition) is 4. The lowest BCUT2D eigenvalue weighted by Gasteiger charge is -2.05. The van der Waals surface area contributed by atoms with Gasteiger partial charge in [-0.2, -0.15) is 0 Å². The maximum absolute atomic E-state index is 12.0. The molecule has 0 saturated heterocycles. The van der Waals surface area contributed by atoms with Crippen molar-refractivity contribution in [2.75, 3.05) is 5.43 Å². The minimum atomic E-state index is -0.242. The number of carbonyl (C=O) groups is 1. The third-order valence-corrected chi connectivity index (χ3v) is 3.97. The predicted molar refractivity (Wildman–Crippen MR) is 90.1 cm³/mol. The van der Waals surface area contributed by atoms with Crippen LogP contribution in [0.25, 0.3) is 11.3 Å².